The number of nitrogen functional groups attached to an aromatic ring is 1. The molecule has 4 nitrogen and oxygen atoms in total. The Hall–Kier alpha value is -1.02. The predicted octanol–water partition coefficient (Wildman–Crippen LogP) is 2.33. The number of nitrogens with one attached hydrogen (secondary N) is 1. The minimum atomic E-state index is -4.65. The average molecular weight is 327 g/mol. The highest BCUT2D eigenvalue weighted by atomic mass is 35.5. The molecule has 0 bridgehead atoms. The summed E-state index contributed by atoms with van der Waals surface area (Å²) in [5.41, 5.74) is 3.02. The molecule has 1 aromatic carbocycles. The standard InChI is InChI=1S/C13H18ClF3N2O2/c1-12(2,6-20)19-5-10(21)7-3-8(13(15,16)17)11(18)9(14)4-7/h3-4,10,19-21H,5-6,18H2,1-2H3. The van der Waals surface area contributed by atoms with Gasteiger partial charge in [-0.2, -0.15) is 13.2 Å². The van der Waals surface area contributed by atoms with Gasteiger partial charge < -0.3 is 21.3 Å². The van der Waals surface area contributed by atoms with Gasteiger partial charge in [-0.05, 0) is 31.5 Å². The number of hydrogen-bond acceptors (Lipinski definition) is 4. The molecule has 0 radical (unpaired) electrons. The average Bonchev–Trinajstić information content (AvgIpc) is 2.37. The molecule has 1 aromatic rings. The summed E-state index contributed by atoms with van der Waals surface area (Å²) in [5, 5.41) is 21.6. The summed E-state index contributed by atoms with van der Waals surface area (Å²) in [7, 11) is 0. The van der Waals surface area contributed by atoms with Crippen molar-refractivity contribution >= 4 is 17.3 Å². The topological polar surface area (TPSA) is 78.5 Å². The van der Waals surface area contributed by atoms with Crippen LogP contribution in [0.5, 0.6) is 0 Å². The van der Waals surface area contributed by atoms with E-state index in [9.17, 15) is 18.3 Å². The second-order valence-corrected chi connectivity index (χ2v) is 5.81. The summed E-state index contributed by atoms with van der Waals surface area (Å²) < 4.78 is 38.5. The molecule has 0 aliphatic rings. The largest absolute Gasteiger partial charge is 0.418 e. The smallest absolute Gasteiger partial charge is 0.397 e. The molecule has 0 amide bonds. The van der Waals surface area contributed by atoms with E-state index in [1.807, 2.05) is 0 Å². The van der Waals surface area contributed by atoms with Crippen molar-refractivity contribution < 1.29 is 23.4 Å². The van der Waals surface area contributed by atoms with Crippen LogP contribution in [-0.2, 0) is 6.18 Å². The zero-order chi connectivity index (χ0) is 16.4. The van der Waals surface area contributed by atoms with Gasteiger partial charge in [-0.3, -0.25) is 0 Å². The number of benzene rings is 1. The van der Waals surface area contributed by atoms with Gasteiger partial charge in [0.05, 0.1) is 29.0 Å². The quantitative estimate of drug-likeness (QED) is 0.626. The SMILES string of the molecule is CC(C)(CO)NCC(O)c1cc(Cl)c(N)c(C(F)(F)F)c1. The molecule has 0 aromatic heterocycles. The van der Waals surface area contributed by atoms with Gasteiger partial charge in [0.15, 0.2) is 0 Å². The Kier molecular flexibility index (Phi) is 5.49. The van der Waals surface area contributed by atoms with Crippen LogP contribution >= 0.6 is 11.6 Å². The van der Waals surface area contributed by atoms with Crippen molar-refractivity contribution in [3.05, 3.63) is 28.3 Å². The van der Waals surface area contributed by atoms with Crippen LogP contribution in [0.1, 0.15) is 31.1 Å². The lowest BCUT2D eigenvalue weighted by Crippen LogP contribution is -2.44. The number of rotatable bonds is 5. The van der Waals surface area contributed by atoms with Crippen LogP contribution in [0.15, 0.2) is 12.1 Å². The number of anilines is 1. The van der Waals surface area contributed by atoms with Gasteiger partial charge in [0.25, 0.3) is 0 Å². The molecule has 0 aliphatic carbocycles. The molecule has 1 atom stereocenters. The van der Waals surface area contributed by atoms with Gasteiger partial charge in [-0.1, -0.05) is 11.6 Å². The van der Waals surface area contributed by atoms with Crippen molar-refractivity contribution in [3.8, 4) is 0 Å². The van der Waals surface area contributed by atoms with Crippen LogP contribution < -0.4 is 11.1 Å². The predicted molar refractivity (Wildman–Crippen MR) is 75.0 cm³/mol. The lowest BCUT2D eigenvalue weighted by molar-refractivity contribution is -0.137. The Bertz CT molecular complexity index is 507. The minimum absolute atomic E-state index is 0.00256. The van der Waals surface area contributed by atoms with E-state index in [4.69, 9.17) is 22.4 Å². The third-order valence-corrected chi connectivity index (χ3v) is 3.32. The van der Waals surface area contributed by atoms with Crippen molar-refractivity contribution in [2.24, 2.45) is 0 Å². The third-order valence-electron chi connectivity index (χ3n) is 3.01. The zero-order valence-electron chi connectivity index (χ0n) is 11.6. The second kappa shape index (κ2) is 6.39. The summed E-state index contributed by atoms with van der Waals surface area (Å²) in [6, 6.07) is 1.98. The van der Waals surface area contributed by atoms with E-state index in [0.717, 1.165) is 6.07 Å². The minimum Gasteiger partial charge on any atom is -0.397 e. The first kappa shape index (κ1) is 18.0. The molecule has 8 heteroatoms. The van der Waals surface area contributed by atoms with Gasteiger partial charge in [0.2, 0.25) is 0 Å². The van der Waals surface area contributed by atoms with E-state index in [1.54, 1.807) is 13.8 Å². The zero-order valence-corrected chi connectivity index (χ0v) is 12.4. The van der Waals surface area contributed by atoms with Crippen molar-refractivity contribution in [2.75, 3.05) is 18.9 Å². The van der Waals surface area contributed by atoms with E-state index in [2.05, 4.69) is 5.32 Å². The fourth-order valence-electron chi connectivity index (χ4n) is 1.61. The number of β-amino-alcohol motifs (C(OH)–C–C–N with tert-alkyl or cyclic N) is 1. The highest BCUT2D eigenvalue weighted by Gasteiger charge is 2.34. The number of halogens is 4. The highest BCUT2D eigenvalue weighted by Crippen LogP contribution is 2.38. The molecule has 0 fully saturated rings. The van der Waals surface area contributed by atoms with Crippen LogP contribution in [0.3, 0.4) is 0 Å². The first-order valence-corrected chi connectivity index (χ1v) is 6.56. The van der Waals surface area contributed by atoms with Gasteiger partial charge in [0.1, 0.15) is 0 Å². The van der Waals surface area contributed by atoms with Crippen molar-refractivity contribution in [1.29, 1.82) is 0 Å². The molecule has 0 heterocycles. The number of aliphatic hydroxyl groups is 2. The van der Waals surface area contributed by atoms with Crippen molar-refractivity contribution in [1.82, 2.24) is 5.32 Å². The van der Waals surface area contributed by atoms with E-state index >= 15 is 0 Å². The summed E-state index contributed by atoms with van der Waals surface area (Å²) >= 11 is 5.69. The first-order chi connectivity index (χ1) is 9.48. The number of nitrogens with two attached hydrogens (primary N) is 1. The highest BCUT2D eigenvalue weighted by molar-refractivity contribution is 6.33. The Labute approximate surface area is 125 Å². The van der Waals surface area contributed by atoms with Gasteiger partial charge >= 0.3 is 6.18 Å². The maximum atomic E-state index is 12.8. The van der Waals surface area contributed by atoms with E-state index < -0.39 is 29.1 Å². The summed E-state index contributed by atoms with van der Waals surface area (Å²) in [6.45, 7) is 3.16. The molecular weight excluding hydrogens is 309 g/mol. The molecule has 5 N–H and O–H groups in total. The monoisotopic (exact) mass is 326 g/mol. The van der Waals surface area contributed by atoms with Gasteiger partial charge in [-0.25, -0.2) is 0 Å². The molecule has 1 rings (SSSR count). The summed E-state index contributed by atoms with van der Waals surface area (Å²) in [4.78, 5) is 0. The second-order valence-electron chi connectivity index (χ2n) is 5.40. The number of alkyl halides is 3. The molecule has 1 unspecified atom stereocenters. The maximum absolute atomic E-state index is 12.8. The van der Waals surface area contributed by atoms with Gasteiger partial charge in [0, 0.05) is 12.1 Å². The Morgan fingerprint density at radius 2 is 1.90 bits per heavy atom. The molecule has 0 aliphatic heterocycles. The summed E-state index contributed by atoms with van der Waals surface area (Å²) in [5.74, 6) is 0. The van der Waals surface area contributed by atoms with Crippen LogP contribution in [0.4, 0.5) is 18.9 Å². The molecule has 21 heavy (non-hydrogen) atoms. The van der Waals surface area contributed by atoms with Crippen LogP contribution in [0, 0.1) is 0 Å². The van der Waals surface area contributed by atoms with Crippen LogP contribution in [0.25, 0.3) is 0 Å². The number of hydrogen-bond donors (Lipinski definition) is 4. The fraction of sp³-hybridized carbons (Fsp3) is 0.538. The van der Waals surface area contributed by atoms with E-state index in [-0.39, 0.29) is 23.7 Å². The number of aliphatic hydroxyl groups excluding tert-OH is 2. The molecule has 120 valence electrons. The van der Waals surface area contributed by atoms with Crippen molar-refractivity contribution in [3.63, 3.8) is 0 Å². The Morgan fingerprint density at radius 1 is 1.33 bits per heavy atom. The summed E-state index contributed by atoms with van der Waals surface area (Å²) in [6.07, 6.45) is -5.86. The first-order valence-electron chi connectivity index (χ1n) is 6.18. The maximum Gasteiger partial charge on any atom is 0.418 e. The van der Waals surface area contributed by atoms with Crippen LogP contribution in [-0.4, -0.2) is 28.9 Å². The van der Waals surface area contributed by atoms with E-state index in [0.29, 0.717) is 0 Å². The molecule has 0 spiro atoms. The lowest BCUT2D eigenvalue weighted by Gasteiger charge is -2.26. The molecule has 0 saturated heterocycles. The molecule has 0 saturated carbocycles. The van der Waals surface area contributed by atoms with Crippen LogP contribution in [0.2, 0.25) is 5.02 Å². The van der Waals surface area contributed by atoms with E-state index in [1.165, 1.54) is 6.07 Å². The third kappa shape index (κ3) is 4.74. The lowest BCUT2D eigenvalue weighted by atomic mass is 10.0. The van der Waals surface area contributed by atoms with Crippen molar-refractivity contribution in [2.45, 2.75) is 31.7 Å². The normalized spacial score (nSPS) is 14.3. The Balaban J connectivity index is 3.01. The fourth-order valence-corrected chi connectivity index (χ4v) is 1.84. The van der Waals surface area contributed by atoms with Gasteiger partial charge in [-0.15, -0.1) is 0 Å². The molecular formula is C13H18ClF3N2O2. The Morgan fingerprint density at radius 3 is 2.38 bits per heavy atom.